The molecule has 41 heavy (non-hydrogen) atoms. The monoisotopic (exact) mass is 569 g/mol. The highest BCUT2D eigenvalue weighted by Gasteiger charge is 2.53. The Labute approximate surface area is 244 Å². The van der Waals surface area contributed by atoms with Gasteiger partial charge in [0.05, 0.1) is 18.3 Å². The number of likely N-dealkylation sites (tertiary alicyclic amines) is 1. The largest absolute Gasteiger partial charge is 0.490 e. The maximum absolute atomic E-state index is 14.0. The van der Waals surface area contributed by atoms with E-state index in [0.29, 0.717) is 12.3 Å². The first-order chi connectivity index (χ1) is 19.2. The summed E-state index contributed by atoms with van der Waals surface area (Å²) in [6, 6.07) is 2.09. The zero-order valence-corrected chi connectivity index (χ0v) is 25.6. The highest BCUT2D eigenvalue weighted by molar-refractivity contribution is 5.92. The molecule has 9 nitrogen and oxygen atoms in total. The minimum Gasteiger partial charge on any atom is -0.490 e. The van der Waals surface area contributed by atoms with E-state index in [1.165, 1.54) is 11.3 Å². The number of hydrogen-bond donors (Lipinski definition) is 3. The average molecular weight is 570 g/mol. The second-order valence-electron chi connectivity index (χ2n) is 13.5. The molecule has 0 aromatic heterocycles. The van der Waals surface area contributed by atoms with Gasteiger partial charge in [0.2, 0.25) is 11.8 Å². The number of carbonyl (C=O) groups is 3. The fraction of sp³-hybridized carbons (Fsp3) is 0.656. The van der Waals surface area contributed by atoms with Gasteiger partial charge in [-0.15, -0.1) is 0 Å². The van der Waals surface area contributed by atoms with Gasteiger partial charge in [0.1, 0.15) is 23.4 Å². The topological polar surface area (TPSA) is 117 Å². The summed E-state index contributed by atoms with van der Waals surface area (Å²) >= 11 is 0. The maximum Gasteiger partial charge on any atom is 0.326 e. The number of nitrogens with one attached hydrogen (secondary N) is 2. The van der Waals surface area contributed by atoms with Crippen LogP contribution < -0.4 is 15.5 Å². The van der Waals surface area contributed by atoms with E-state index in [2.05, 4.69) is 10.8 Å². The summed E-state index contributed by atoms with van der Waals surface area (Å²) in [5.41, 5.74) is 4.98. The first kappa shape index (κ1) is 30.9. The fourth-order valence-corrected chi connectivity index (χ4v) is 6.37. The number of nitrogens with zero attached hydrogens (tertiary/aromatic N) is 1. The molecule has 3 N–H and O–H groups in total. The van der Waals surface area contributed by atoms with Crippen molar-refractivity contribution in [1.29, 1.82) is 0 Å². The second kappa shape index (κ2) is 12.0. The Hall–Kier alpha value is -3.07. The summed E-state index contributed by atoms with van der Waals surface area (Å²) in [5, 5.41) is 13.1. The standard InChI is InChI=1S/C32H47N3O6/c1-19(2)40-27-20(3)13-23(14-21(27)4)24-16-32(41-34-24)17-25(30(38)39)35(18-32)29(37)28(31(5,6)7)33-26(36)15-22-11-9-8-10-12-22/h13-14,16,19,22,25,28,34H,8-12,15,17-18H2,1-7H3,(H,33,36)(H,38,39)/t25-,28+,32+/m0/s1. The Balaban J connectivity index is 1.55. The maximum atomic E-state index is 14.0. The van der Waals surface area contributed by atoms with E-state index in [-0.39, 0.29) is 25.0 Å². The van der Waals surface area contributed by atoms with Gasteiger partial charge in [0, 0.05) is 18.4 Å². The Kier molecular flexibility index (Phi) is 9.07. The Bertz CT molecular complexity index is 1170. The molecule has 4 rings (SSSR count). The molecule has 3 atom stereocenters. The number of benzene rings is 1. The van der Waals surface area contributed by atoms with E-state index < -0.39 is 35.0 Å². The van der Waals surface area contributed by atoms with Crippen LogP contribution in [-0.4, -0.2) is 58.1 Å². The molecule has 1 spiro atoms. The number of amides is 2. The molecule has 1 saturated carbocycles. The number of carboxylic acids is 1. The molecule has 0 radical (unpaired) electrons. The Morgan fingerprint density at radius 2 is 1.78 bits per heavy atom. The predicted molar refractivity (Wildman–Crippen MR) is 157 cm³/mol. The van der Waals surface area contributed by atoms with E-state index in [1.807, 2.05) is 66.7 Å². The van der Waals surface area contributed by atoms with Crippen molar-refractivity contribution < 1.29 is 29.1 Å². The molecule has 1 aliphatic carbocycles. The minimum absolute atomic E-state index is 0.0533. The lowest BCUT2D eigenvalue weighted by Crippen LogP contribution is -2.57. The normalized spacial score (nSPS) is 23.9. The van der Waals surface area contributed by atoms with Crippen LogP contribution in [0.3, 0.4) is 0 Å². The molecule has 226 valence electrons. The first-order valence-corrected chi connectivity index (χ1v) is 15.0. The van der Waals surface area contributed by atoms with E-state index in [1.54, 1.807) is 0 Å². The Morgan fingerprint density at radius 3 is 2.34 bits per heavy atom. The molecule has 1 aromatic carbocycles. The number of aryl methyl sites for hydroxylation is 2. The van der Waals surface area contributed by atoms with E-state index in [9.17, 15) is 19.5 Å². The molecular weight excluding hydrogens is 522 g/mol. The highest BCUT2D eigenvalue weighted by atomic mass is 16.7. The van der Waals surface area contributed by atoms with E-state index in [0.717, 1.165) is 53.8 Å². The van der Waals surface area contributed by atoms with Crippen LogP contribution in [0.1, 0.15) is 96.3 Å². The molecule has 1 saturated heterocycles. The summed E-state index contributed by atoms with van der Waals surface area (Å²) in [6.07, 6.45) is 7.97. The van der Waals surface area contributed by atoms with E-state index >= 15 is 0 Å². The van der Waals surface area contributed by atoms with Gasteiger partial charge in [-0.1, -0.05) is 40.0 Å². The molecule has 3 aliphatic rings. The quantitative estimate of drug-likeness (QED) is 0.408. The van der Waals surface area contributed by atoms with Crippen LogP contribution in [0.4, 0.5) is 0 Å². The van der Waals surface area contributed by atoms with E-state index in [4.69, 9.17) is 9.57 Å². The van der Waals surface area contributed by atoms with Crippen LogP contribution in [0.5, 0.6) is 5.75 Å². The summed E-state index contributed by atoms with van der Waals surface area (Å²) in [4.78, 5) is 46.8. The lowest BCUT2D eigenvalue weighted by Gasteiger charge is -2.35. The van der Waals surface area contributed by atoms with Gasteiger partial charge in [-0.2, -0.15) is 0 Å². The van der Waals surface area contributed by atoms with Crippen molar-refractivity contribution in [2.24, 2.45) is 11.3 Å². The summed E-state index contributed by atoms with van der Waals surface area (Å²) < 4.78 is 5.98. The molecule has 2 heterocycles. The minimum atomic E-state index is -1.09. The molecule has 0 unspecified atom stereocenters. The van der Waals surface area contributed by atoms with Crippen LogP contribution in [0, 0.1) is 25.2 Å². The van der Waals surface area contributed by atoms with Crippen molar-refractivity contribution >= 4 is 23.5 Å². The van der Waals surface area contributed by atoms with Gasteiger partial charge in [0.15, 0.2) is 0 Å². The van der Waals surface area contributed by atoms with Crippen molar-refractivity contribution in [1.82, 2.24) is 15.7 Å². The molecule has 1 aromatic rings. The summed E-state index contributed by atoms with van der Waals surface area (Å²) in [7, 11) is 0. The predicted octanol–water partition coefficient (Wildman–Crippen LogP) is 4.89. The third-order valence-electron chi connectivity index (χ3n) is 8.43. The number of ether oxygens (including phenoxy) is 1. The van der Waals surface area contributed by atoms with Crippen LogP contribution >= 0.6 is 0 Å². The van der Waals surface area contributed by atoms with Gasteiger partial charge < -0.3 is 20.1 Å². The van der Waals surface area contributed by atoms with Crippen LogP contribution in [0.15, 0.2) is 18.2 Å². The molecule has 0 bridgehead atoms. The lowest BCUT2D eigenvalue weighted by molar-refractivity contribution is -0.150. The van der Waals surface area contributed by atoms with Crippen LogP contribution in [-0.2, 0) is 19.2 Å². The number of carboxylic acid groups (broad SMARTS) is 1. The third kappa shape index (κ3) is 7.05. The van der Waals surface area contributed by atoms with Crippen molar-refractivity contribution in [3.63, 3.8) is 0 Å². The SMILES string of the molecule is Cc1cc(C2=C[C@]3(C[C@@H](C(=O)O)N(C(=O)[C@@H](NC(=O)CC4CCCCC4)C(C)(C)C)C3)ON2)cc(C)c1OC(C)C. The third-order valence-corrected chi connectivity index (χ3v) is 8.43. The van der Waals surface area contributed by atoms with Gasteiger partial charge in [0.25, 0.3) is 0 Å². The van der Waals surface area contributed by atoms with Crippen LogP contribution in [0.2, 0.25) is 0 Å². The van der Waals surface area contributed by atoms with Crippen molar-refractivity contribution in [2.75, 3.05) is 6.54 Å². The van der Waals surface area contributed by atoms with Gasteiger partial charge in [-0.25, -0.2) is 4.79 Å². The number of carbonyl (C=O) groups excluding carboxylic acids is 2. The second-order valence-corrected chi connectivity index (χ2v) is 13.5. The molecule has 2 fully saturated rings. The fourth-order valence-electron chi connectivity index (χ4n) is 6.37. The number of hydroxylamine groups is 1. The lowest BCUT2D eigenvalue weighted by atomic mass is 9.84. The smallest absolute Gasteiger partial charge is 0.326 e. The summed E-state index contributed by atoms with van der Waals surface area (Å²) in [5.74, 6) is -0.459. The Morgan fingerprint density at radius 1 is 1.15 bits per heavy atom. The first-order valence-electron chi connectivity index (χ1n) is 15.0. The van der Waals surface area contributed by atoms with Crippen molar-refractivity contribution in [3.8, 4) is 5.75 Å². The number of aliphatic carboxylic acids is 1. The van der Waals surface area contributed by atoms with Gasteiger partial charge >= 0.3 is 5.97 Å². The number of rotatable bonds is 8. The highest BCUT2D eigenvalue weighted by Crippen LogP contribution is 2.40. The summed E-state index contributed by atoms with van der Waals surface area (Å²) in [6.45, 7) is 13.7. The van der Waals surface area contributed by atoms with Crippen molar-refractivity contribution in [2.45, 2.75) is 117 Å². The zero-order valence-electron chi connectivity index (χ0n) is 25.6. The van der Waals surface area contributed by atoms with Crippen molar-refractivity contribution in [3.05, 3.63) is 34.9 Å². The molecule has 9 heteroatoms. The molecule has 2 amide bonds. The van der Waals surface area contributed by atoms with Crippen LogP contribution in [0.25, 0.3) is 5.70 Å². The average Bonchev–Trinajstić information content (AvgIpc) is 3.48. The van der Waals surface area contributed by atoms with Gasteiger partial charge in [-0.05, 0) is 81.2 Å². The number of hydrogen-bond acceptors (Lipinski definition) is 6. The molecular formula is C32H47N3O6. The van der Waals surface area contributed by atoms with Gasteiger partial charge in [-0.3, -0.25) is 19.9 Å². The molecule has 2 aliphatic heterocycles. The zero-order chi connectivity index (χ0) is 30.1.